The van der Waals surface area contributed by atoms with E-state index < -0.39 is 16.4 Å². The molecule has 0 saturated carbocycles. The fourth-order valence-corrected chi connectivity index (χ4v) is 4.64. The third-order valence-corrected chi connectivity index (χ3v) is 6.69. The number of H-pyrrole nitrogens is 1. The van der Waals surface area contributed by atoms with Crippen LogP contribution in [-0.2, 0) is 11.2 Å². The first kappa shape index (κ1) is 21.9. The van der Waals surface area contributed by atoms with E-state index in [2.05, 4.69) is 20.9 Å². The van der Waals surface area contributed by atoms with Crippen LogP contribution in [0.3, 0.4) is 0 Å². The Morgan fingerprint density at radius 3 is 2.72 bits per heavy atom. The molecule has 3 heterocycles. The average molecular weight is 460 g/mol. The molecule has 1 aliphatic rings. The number of fused-ring (bicyclic) bond motifs is 1. The second-order valence-electron chi connectivity index (χ2n) is 7.69. The van der Waals surface area contributed by atoms with E-state index in [0.717, 1.165) is 27.8 Å². The van der Waals surface area contributed by atoms with Crippen LogP contribution in [0.4, 0.5) is 9.39 Å². The van der Waals surface area contributed by atoms with Gasteiger partial charge in [-0.25, -0.2) is 4.39 Å². The molecule has 0 aliphatic carbocycles. The van der Waals surface area contributed by atoms with Crippen molar-refractivity contribution in [2.75, 3.05) is 19.6 Å². The molecule has 11 heteroatoms. The fraction of sp³-hybridized carbons (Fsp3) is 0.333. The zero-order chi connectivity index (χ0) is 22.7. The van der Waals surface area contributed by atoms with E-state index in [9.17, 15) is 24.1 Å². The Kier molecular flexibility index (Phi) is 6.19. The van der Waals surface area contributed by atoms with Crippen molar-refractivity contribution < 1.29 is 18.9 Å². The third kappa shape index (κ3) is 4.48. The largest absolute Gasteiger partial charge is 0.361 e. The van der Waals surface area contributed by atoms with E-state index in [4.69, 9.17) is 0 Å². The molecule has 4 rings (SSSR count). The lowest BCUT2D eigenvalue weighted by atomic mass is 9.87. The third-order valence-electron chi connectivity index (χ3n) is 5.65. The van der Waals surface area contributed by atoms with Gasteiger partial charge in [0.2, 0.25) is 5.91 Å². The summed E-state index contributed by atoms with van der Waals surface area (Å²) in [6, 6.07) is 7.18. The van der Waals surface area contributed by atoms with Crippen molar-refractivity contribution in [1.29, 1.82) is 0 Å². The van der Waals surface area contributed by atoms with Crippen LogP contribution in [0, 0.1) is 15.9 Å². The minimum Gasteiger partial charge on any atom is -0.361 e. The highest BCUT2D eigenvalue weighted by Gasteiger charge is 2.41. The number of rotatable bonds is 7. The van der Waals surface area contributed by atoms with Gasteiger partial charge in [-0.15, -0.1) is 0 Å². The monoisotopic (exact) mass is 459 g/mol. The Morgan fingerprint density at radius 1 is 1.22 bits per heavy atom. The molecular formula is C21H22FN5O4S. The van der Waals surface area contributed by atoms with Gasteiger partial charge in [0.05, 0.1) is 9.80 Å². The Bertz CT molecular complexity index is 1170. The molecule has 0 bridgehead atoms. The number of benzene rings is 1. The number of halogens is 1. The molecule has 0 atom stereocenters. The number of hydrogen-bond donors (Lipinski definition) is 4. The van der Waals surface area contributed by atoms with E-state index in [1.165, 1.54) is 24.3 Å². The Balaban J connectivity index is 1.43. The smallest absolute Gasteiger partial charge is 0.324 e. The molecule has 1 aromatic carbocycles. The highest BCUT2D eigenvalue weighted by Crippen LogP contribution is 2.26. The highest BCUT2D eigenvalue weighted by atomic mass is 32.1. The van der Waals surface area contributed by atoms with Crippen molar-refractivity contribution in [1.82, 2.24) is 20.9 Å². The lowest BCUT2D eigenvalue weighted by Crippen LogP contribution is -2.63. The molecular weight excluding hydrogens is 437 g/mol. The number of hydrogen-bond acceptors (Lipinski definition) is 6. The summed E-state index contributed by atoms with van der Waals surface area (Å²) in [6.45, 7) is 1.43. The number of nitro groups is 1. The molecule has 32 heavy (non-hydrogen) atoms. The summed E-state index contributed by atoms with van der Waals surface area (Å²) in [4.78, 5) is 39.5. The molecule has 168 valence electrons. The molecule has 2 amide bonds. The number of nitrogens with one attached hydrogen (secondary N) is 4. The molecule has 0 unspecified atom stereocenters. The Morgan fingerprint density at radius 2 is 2.00 bits per heavy atom. The van der Waals surface area contributed by atoms with E-state index in [1.807, 2.05) is 0 Å². The van der Waals surface area contributed by atoms with Crippen LogP contribution in [0.5, 0.6) is 0 Å². The second kappa shape index (κ2) is 9.05. The maximum Gasteiger partial charge on any atom is 0.324 e. The molecule has 3 aromatic rings. The second-order valence-corrected chi connectivity index (χ2v) is 8.75. The number of thiophene rings is 1. The molecule has 0 radical (unpaired) electrons. The Labute approximate surface area is 186 Å². The zero-order valence-electron chi connectivity index (χ0n) is 17.1. The van der Waals surface area contributed by atoms with Crippen LogP contribution < -0.4 is 16.0 Å². The van der Waals surface area contributed by atoms with Crippen LogP contribution in [0.1, 0.15) is 28.1 Å². The quantitative estimate of drug-likeness (QED) is 0.319. The van der Waals surface area contributed by atoms with Gasteiger partial charge in [0.15, 0.2) is 0 Å². The number of aromatic nitrogens is 1. The number of amides is 2. The molecule has 2 aromatic heterocycles. The molecule has 1 aliphatic heterocycles. The van der Waals surface area contributed by atoms with Gasteiger partial charge >= 0.3 is 5.00 Å². The molecule has 4 N–H and O–H groups in total. The number of carbonyl (C=O) groups excluding carboxylic acids is 2. The first-order chi connectivity index (χ1) is 15.4. The Hall–Kier alpha value is -3.31. The summed E-state index contributed by atoms with van der Waals surface area (Å²) in [7, 11) is 0. The summed E-state index contributed by atoms with van der Waals surface area (Å²) in [5.41, 5.74) is 0.599. The van der Waals surface area contributed by atoms with Crippen molar-refractivity contribution in [3.63, 3.8) is 0 Å². The summed E-state index contributed by atoms with van der Waals surface area (Å²) >= 11 is 0.774. The predicted octanol–water partition coefficient (Wildman–Crippen LogP) is 2.49. The van der Waals surface area contributed by atoms with Crippen molar-refractivity contribution in [2.45, 2.75) is 24.8 Å². The van der Waals surface area contributed by atoms with Crippen molar-refractivity contribution >= 4 is 39.1 Å². The lowest BCUT2D eigenvalue weighted by molar-refractivity contribution is -0.380. The van der Waals surface area contributed by atoms with Gasteiger partial charge in [-0.3, -0.25) is 19.7 Å². The lowest BCUT2D eigenvalue weighted by Gasteiger charge is -2.36. The maximum absolute atomic E-state index is 13.6. The van der Waals surface area contributed by atoms with Crippen LogP contribution in [0.2, 0.25) is 0 Å². The number of aromatic amines is 1. The van der Waals surface area contributed by atoms with Gasteiger partial charge in [0, 0.05) is 29.7 Å². The summed E-state index contributed by atoms with van der Waals surface area (Å²) in [6.07, 6.45) is 3.09. The van der Waals surface area contributed by atoms with Crippen LogP contribution in [-0.4, -0.2) is 46.9 Å². The number of nitrogens with zero attached hydrogens (tertiary/aromatic N) is 1. The zero-order valence-corrected chi connectivity index (χ0v) is 17.9. The molecule has 0 spiro atoms. The predicted molar refractivity (Wildman–Crippen MR) is 118 cm³/mol. The number of piperidine rings is 1. The average Bonchev–Trinajstić information content (AvgIpc) is 3.42. The van der Waals surface area contributed by atoms with Crippen LogP contribution in [0.25, 0.3) is 10.9 Å². The van der Waals surface area contributed by atoms with Gasteiger partial charge in [0.25, 0.3) is 5.91 Å². The van der Waals surface area contributed by atoms with Crippen molar-refractivity contribution in [3.05, 3.63) is 62.9 Å². The van der Waals surface area contributed by atoms with Crippen molar-refractivity contribution in [3.8, 4) is 0 Å². The summed E-state index contributed by atoms with van der Waals surface area (Å²) in [5.74, 6) is -1.13. The normalized spacial score (nSPS) is 15.4. The minimum absolute atomic E-state index is 0.130. The van der Waals surface area contributed by atoms with Gasteiger partial charge in [-0.1, -0.05) is 11.3 Å². The number of carbonyl (C=O) groups is 2. The summed E-state index contributed by atoms with van der Waals surface area (Å²) < 4.78 is 13.6. The topological polar surface area (TPSA) is 129 Å². The minimum atomic E-state index is -1.10. The van der Waals surface area contributed by atoms with Gasteiger partial charge in [-0.05, 0) is 62.2 Å². The fourth-order valence-electron chi connectivity index (χ4n) is 3.93. The van der Waals surface area contributed by atoms with Gasteiger partial charge in [-0.2, -0.15) is 0 Å². The first-order valence-corrected chi connectivity index (χ1v) is 11.0. The standard InChI is InChI=1S/C21H22FN5O4S/c22-14-1-2-16-15(11-14)13(12-25-16)5-8-24-20(29)21(6-9-23-10-7-21)26-19(28)17-3-4-18(32-17)27(30)31/h1-4,11-12,23,25H,5-10H2,(H,24,29)(H,26,28). The SMILES string of the molecule is O=C(NC1(C(=O)NCCc2c[nH]c3ccc(F)cc23)CCNCC1)c1ccc([N+](=O)[O-])s1. The molecule has 9 nitrogen and oxygen atoms in total. The van der Waals surface area contributed by atoms with E-state index in [-0.39, 0.29) is 21.6 Å². The van der Waals surface area contributed by atoms with Crippen molar-refractivity contribution in [2.24, 2.45) is 0 Å². The molecule has 1 saturated heterocycles. The molecule has 1 fully saturated rings. The van der Waals surface area contributed by atoms with Crippen LogP contribution in [0.15, 0.2) is 36.5 Å². The van der Waals surface area contributed by atoms with E-state index in [0.29, 0.717) is 38.9 Å². The summed E-state index contributed by atoms with van der Waals surface area (Å²) in [5, 5.41) is 20.4. The van der Waals surface area contributed by atoms with Gasteiger partial charge in [0.1, 0.15) is 11.4 Å². The van der Waals surface area contributed by atoms with Crippen LogP contribution >= 0.6 is 11.3 Å². The van der Waals surface area contributed by atoms with E-state index in [1.54, 1.807) is 12.3 Å². The van der Waals surface area contributed by atoms with Gasteiger partial charge < -0.3 is 20.9 Å². The highest BCUT2D eigenvalue weighted by molar-refractivity contribution is 7.17. The van der Waals surface area contributed by atoms with E-state index >= 15 is 0 Å². The first-order valence-electron chi connectivity index (χ1n) is 10.2. The maximum atomic E-state index is 13.6.